The molecule has 1 aromatic carbocycles. The molecule has 19 heavy (non-hydrogen) atoms. The highest BCUT2D eigenvalue weighted by molar-refractivity contribution is 5.87. The van der Waals surface area contributed by atoms with E-state index in [0.717, 1.165) is 24.2 Å². The number of amides is 2. The fourth-order valence-electron chi connectivity index (χ4n) is 2.36. The first-order valence-electron chi connectivity index (χ1n) is 6.39. The molecular formula is C14H18N2O3. The predicted octanol–water partition coefficient (Wildman–Crippen LogP) is 0.0727. The van der Waals surface area contributed by atoms with Crippen molar-refractivity contribution in [1.82, 2.24) is 10.6 Å². The highest BCUT2D eigenvalue weighted by atomic mass is 16.3. The number of benzene rings is 1. The van der Waals surface area contributed by atoms with Crippen molar-refractivity contribution in [2.24, 2.45) is 0 Å². The summed E-state index contributed by atoms with van der Waals surface area (Å²) in [6.07, 6.45) is 1.93. The molecule has 0 saturated carbocycles. The summed E-state index contributed by atoms with van der Waals surface area (Å²) in [5.74, 6) is -0.330. The average Bonchev–Trinajstić information content (AvgIpc) is 2.40. The summed E-state index contributed by atoms with van der Waals surface area (Å²) in [5, 5.41) is 15.9. The van der Waals surface area contributed by atoms with Gasteiger partial charge < -0.3 is 10.4 Å². The molecule has 1 aliphatic rings. The van der Waals surface area contributed by atoms with Crippen molar-refractivity contribution < 1.29 is 14.7 Å². The van der Waals surface area contributed by atoms with Crippen LogP contribution in [0.15, 0.2) is 24.3 Å². The van der Waals surface area contributed by atoms with Crippen molar-refractivity contribution in [3.05, 3.63) is 35.4 Å². The van der Waals surface area contributed by atoms with Crippen LogP contribution in [0.2, 0.25) is 0 Å². The second-order valence-corrected chi connectivity index (χ2v) is 4.84. The third-order valence-electron chi connectivity index (χ3n) is 3.51. The lowest BCUT2D eigenvalue weighted by Gasteiger charge is -2.33. The van der Waals surface area contributed by atoms with Gasteiger partial charge >= 0.3 is 0 Å². The lowest BCUT2D eigenvalue weighted by Crippen LogP contribution is -2.39. The maximum absolute atomic E-state index is 11.3. The molecule has 0 aromatic heterocycles. The summed E-state index contributed by atoms with van der Waals surface area (Å²) in [4.78, 5) is 21.4. The molecule has 1 fully saturated rings. The van der Waals surface area contributed by atoms with Gasteiger partial charge in [0.15, 0.2) is 0 Å². The molecule has 1 heterocycles. The third kappa shape index (κ3) is 3.39. The number of carbonyl (C=O) groups is 2. The lowest BCUT2D eigenvalue weighted by molar-refractivity contribution is -0.124. The summed E-state index contributed by atoms with van der Waals surface area (Å²) in [5.41, 5.74) is 0.934. The molecule has 5 heteroatoms. The Bertz CT molecular complexity index is 450. The normalized spacial score (nSPS) is 17.7. The van der Waals surface area contributed by atoms with Gasteiger partial charge in [0.25, 0.3) is 0 Å². The number of carbonyl (C=O) groups excluding carboxylic acids is 2. The molecule has 5 nitrogen and oxygen atoms in total. The van der Waals surface area contributed by atoms with Crippen molar-refractivity contribution >= 4 is 12.3 Å². The summed E-state index contributed by atoms with van der Waals surface area (Å²) in [6, 6.07) is 7.35. The summed E-state index contributed by atoms with van der Waals surface area (Å²) in [6.45, 7) is 1.61. The van der Waals surface area contributed by atoms with Crippen LogP contribution in [0.3, 0.4) is 0 Å². The minimum atomic E-state index is -0.769. The Morgan fingerprint density at radius 2 is 1.95 bits per heavy atom. The molecule has 1 saturated heterocycles. The fraction of sp³-hybridized carbons (Fsp3) is 0.429. The van der Waals surface area contributed by atoms with Gasteiger partial charge in [-0.25, -0.2) is 0 Å². The van der Waals surface area contributed by atoms with Gasteiger partial charge in [-0.3, -0.25) is 14.9 Å². The first kappa shape index (κ1) is 13.7. The van der Waals surface area contributed by atoms with Crippen LogP contribution in [-0.4, -0.2) is 30.5 Å². The van der Waals surface area contributed by atoms with E-state index >= 15 is 0 Å². The van der Waals surface area contributed by atoms with Gasteiger partial charge in [0, 0.05) is 0 Å². The summed E-state index contributed by atoms with van der Waals surface area (Å²) >= 11 is 0. The van der Waals surface area contributed by atoms with E-state index < -0.39 is 5.60 Å². The molecule has 2 rings (SSSR count). The first-order chi connectivity index (χ1) is 9.14. The van der Waals surface area contributed by atoms with E-state index in [0.29, 0.717) is 19.3 Å². The molecule has 2 amide bonds. The number of piperidine rings is 1. The quantitative estimate of drug-likeness (QED) is 0.671. The van der Waals surface area contributed by atoms with Crippen LogP contribution >= 0.6 is 0 Å². The van der Waals surface area contributed by atoms with E-state index in [2.05, 4.69) is 10.6 Å². The SMILES string of the molecule is O=CNC(=O)Cc1ccc(C2(O)CCNCC2)cc1. The molecule has 0 radical (unpaired) electrons. The standard InChI is InChI=1S/C14H18N2O3/c17-10-16-13(18)9-11-1-3-12(4-2-11)14(19)5-7-15-8-6-14/h1-4,10,15,19H,5-9H2,(H,16,17,18). The Morgan fingerprint density at radius 3 is 2.53 bits per heavy atom. The molecular weight excluding hydrogens is 244 g/mol. The third-order valence-corrected chi connectivity index (χ3v) is 3.51. The molecule has 1 aromatic rings. The van der Waals surface area contributed by atoms with Gasteiger partial charge in [0.05, 0.1) is 12.0 Å². The number of rotatable bonds is 4. The molecule has 102 valence electrons. The fourth-order valence-corrected chi connectivity index (χ4v) is 2.36. The monoisotopic (exact) mass is 262 g/mol. The number of nitrogens with one attached hydrogen (secondary N) is 2. The maximum atomic E-state index is 11.3. The minimum Gasteiger partial charge on any atom is -0.385 e. The number of hydrogen-bond acceptors (Lipinski definition) is 4. The Balaban J connectivity index is 2.05. The van der Waals surface area contributed by atoms with Crippen LogP contribution in [-0.2, 0) is 21.6 Å². The Morgan fingerprint density at radius 1 is 1.32 bits per heavy atom. The molecule has 0 atom stereocenters. The zero-order valence-electron chi connectivity index (χ0n) is 10.7. The smallest absolute Gasteiger partial charge is 0.230 e. The number of hydrogen-bond donors (Lipinski definition) is 3. The van der Waals surface area contributed by atoms with Crippen molar-refractivity contribution in [3.63, 3.8) is 0 Å². The van der Waals surface area contributed by atoms with E-state index in [1.165, 1.54) is 0 Å². The highest BCUT2D eigenvalue weighted by Crippen LogP contribution is 2.30. The summed E-state index contributed by atoms with van der Waals surface area (Å²) in [7, 11) is 0. The van der Waals surface area contributed by atoms with Crippen LogP contribution in [0.4, 0.5) is 0 Å². The summed E-state index contributed by atoms with van der Waals surface area (Å²) < 4.78 is 0. The Labute approximate surface area is 112 Å². The van der Waals surface area contributed by atoms with Crippen LogP contribution in [0, 0.1) is 0 Å². The Kier molecular flexibility index (Phi) is 4.29. The molecule has 0 unspecified atom stereocenters. The van der Waals surface area contributed by atoms with Crippen LogP contribution < -0.4 is 10.6 Å². The second kappa shape index (κ2) is 5.95. The van der Waals surface area contributed by atoms with E-state index in [9.17, 15) is 14.7 Å². The zero-order chi connectivity index (χ0) is 13.7. The largest absolute Gasteiger partial charge is 0.385 e. The van der Waals surface area contributed by atoms with Gasteiger partial charge in [-0.05, 0) is 37.1 Å². The van der Waals surface area contributed by atoms with Crippen LogP contribution in [0.1, 0.15) is 24.0 Å². The van der Waals surface area contributed by atoms with Crippen molar-refractivity contribution in [1.29, 1.82) is 0 Å². The molecule has 1 aliphatic heterocycles. The van der Waals surface area contributed by atoms with Gasteiger partial charge in [0.2, 0.25) is 12.3 Å². The van der Waals surface area contributed by atoms with Crippen LogP contribution in [0.25, 0.3) is 0 Å². The van der Waals surface area contributed by atoms with Crippen molar-refractivity contribution in [2.75, 3.05) is 13.1 Å². The van der Waals surface area contributed by atoms with E-state index in [1.54, 1.807) is 0 Å². The van der Waals surface area contributed by atoms with Crippen molar-refractivity contribution in [2.45, 2.75) is 24.9 Å². The zero-order valence-corrected chi connectivity index (χ0v) is 10.7. The van der Waals surface area contributed by atoms with E-state index in [4.69, 9.17) is 0 Å². The second-order valence-electron chi connectivity index (χ2n) is 4.84. The van der Waals surface area contributed by atoms with E-state index in [1.807, 2.05) is 24.3 Å². The van der Waals surface area contributed by atoms with Gasteiger partial charge in [-0.1, -0.05) is 24.3 Å². The number of imide groups is 1. The number of aliphatic hydroxyl groups is 1. The average molecular weight is 262 g/mol. The molecule has 0 spiro atoms. The van der Waals surface area contributed by atoms with Crippen LogP contribution in [0.5, 0.6) is 0 Å². The molecule has 3 N–H and O–H groups in total. The first-order valence-corrected chi connectivity index (χ1v) is 6.39. The van der Waals surface area contributed by atoms with Gasteiger partial charge in [-0.15, -0.1) is 0 Å². The van der Waals surface area contributed by atoms with Gasteiger partial charge in [-0.2, -0.15) is 0 Å². The highest BCUT2D eigenvalue weighted by Gasteiger charge is 2.30. The maximum Gasteiger partial charge on any atom is 0.230 e. The predicted molar refractivity (Wildman–Crippen MR) is 70.4 cm³/mol. The minimum absolute atomic E-state index is 0.166. The lowest BCUT2D eigenvalue weighted by atomic mass is 9.85. The topological polar surface area (TPSA) is 78.4 Å². The van der Waals surface area contributed by atoms with Crippen molar-refractivity contribution in [3.8, 4) is 0 Å². The van der Waals surface area contributed by atoms with Gasteiger partial charge in [0.1, 0.15) is 0 Å². The molecule has 0 bridgehead atoms. The Hall–Kier alpha value is -1.72. The molecule has 0 aliphatic carbocycles. The van der Waals surface area contributed by atoms with E-state index in [-0.39, 0.29) is 12.3 Å².